The number of aryl methyl sites for hydroxylation is 1. The smallest absolute Gasteiger partial charge is 0.140 e. The van der Waals surface area contributed by atoms with Crippen molar-refractivity contribution in [1.82, 2.24) is 0 Å². The number of nitrogens with zero attached hydrogens (tertiary/aromatic N) is 1. The standard InChI is InChI=1S/C29H54NO5P/c1-6-7-8-9-10-11-12-13-14-15-16-17-18-27-19-21-28(22-20-27)34-25-29(33-5)26-35-36(31,32)24-23-30(2,3)4/h19-22,29H,6-18,23-26H2,1-5H3. The first kappa shape index (κ1) is 33.1. The SMILES string of the molecule is CCCCCCCCCCCCCCc1ccc(OCC(COP(=O)([O-])CC[N+](C)(C)C)OC)cc1. The topological polar surface area (TPSA) is 67.8 Å². The minimum absolute atomic E-state index is 0.00838. The van der Waals surface area contributed by atoms with Gasteiger partial charge in [0.25, 0.3) is 0 Å². The van der Waals surface area contributed by atoms with Gasteiger partial charge in [-0.1, -0.05) is 89.7 Å². The molecular weight excluding hydrogens is 473 g/mol. The zero-order chi connectivity index (χ0) is 26.7. The van der Waals surface area contributed by atoms with E-state index in [1.807, 2.05) is 33.3 Å². The van der Waals surface area contributed by atoms with Crippen molar-refractivity contribution in [2.24, 2.45) is 0 Å². The third kappa shape index (κ3) is 18.4. The van der Waals surface area contributed by atoms with Crippen LogP contribution in [-0.4, -0.2) is 64.8 Å². The lowest BCUT2D eigenvalue weighted by molar-refractivity contribution is -0.868. The lowest BCUT2D eigenvalue weighted by Crippen LogP contribution is -2.38. The maximum atomic E-state index is 12.1. The predicted molar refractivity (Wildman–Crippen MR) is 149 cm³/mol. The molecule has 0 bridgehead atoms. The van der Waals surface area contributed by atoms with Gasteiger partial charge in [0.05, 0.1) is 40.5 Å². The molecule has 0 heterocycles. The molecule has 0 N–H and O–H groups in total. The third-order valence-corrected chi connectivity index (χ3v) is 7.80. The van der Waals surface area contributed by atoms with Crippen LogP contribution in [0, 0.1) is 0 Å². The number of hydrogen-bond donors (Lipinski definition) is 0. The van der Waals surface area contributed by atoms with E-state index in [-0.39, 0.29) is 19.4 Å². The zero-order valence-corrected chi connectivity index (χ0v) is 24.7. The summed E-state index contributed by atoms with van der Waals surface area (Å²) < 4.78 is 29.0. The fourth-order valence-electron chi connectivity index (χ4n) is 3.98. The highest BCUT2D eigenvalue weighted by atomic mass is 31.2. The Labute approximate surface area is 221 Å². The van der Waals surface area contributed by atoms with Gasteiger partial charge in [-0.3, -0.25) is 0 Å². The molecule has 1 rings (SSSR count). The number of quaternary nitrogens is 1. The van der Waals surface area contributed by atoms with Gasteiger partial charge in [0.15, 0.2) is 0 Å². The molecule has 7 heteroatoms. The summed E-state index contributed by atoms with van der Waals surface area (Å²) in [5, 5.41) is 0. The molecule has 0 spiro atoms. The zero-order valence-electron chi connectivity index (χ0n) is 23.8. The Bertz CT molecular complexity index is 705. The van der Waals surface area contributed by atoms with Gasteiger partial charge < -0.3 is 27.9 Å². The molecule has 0 aliphatic rings. The van der Waals surface area contributed by atoms with Crippen LogP contribution in [0.5, 0.6) is 5.75 Å². The number of hydrogen-bond acceptors (Lipinski definition) is 5. The van der Waals surface area contributed by atoms with Gasteiger partial charge >= 0.3 is 0 Å². The molecule has 0 aliphatic carbocycles. The van der Waals surface area contributed by atoms with E-state index in [9.17, 15) is 9.46 Å². The van der Waals surface area contributed by atoms with Crippen LogP contribution in [0.15, 0.2) is 24.3 Å². The molecule has 210 valence electrons. The van der Waals surface area contributed by atoms with Crippen molar-refractivity contribution in [2.75, 3.05) is 54.2 Å². The average molecular weight is 528 g/mol. The van der Waals surface area contributed by atoms with Crippen molar-refractivity contribution in [3.8, 4) is 5.75 Å². The van der Waals surface area contributed by atoms with E-state index in [1.165, 1.54) is 89.7 Å². The molecule has 1 aromatic rings. The second-order valence-corrected chi connectivity index (χ2v) is 13.0. The number of unbranched alkanes of at least 4 members (excludes halogenated alkanes) is 11. The summed E-state index contributed by atoms with van der Waals surface area (Å²) in [6.45, 7) is 2.98. The second kappa shape index (κ2) is 19.2. The summed E-state index contributed by atoms with van der Waals surface area (Å²) in [5.74, 6) is 0.755. The van der Waals surface area contributed by atoms with E-state index in [2.05, 4.69) is 19.1 Å². The molecule has 2 unspecified atom stereocenters. The highest BCUT2D eigenvalue weighted by Gasteiger charge is 2.18. The fraction of sp³-hybridized carbons (Fsp3) is 0.793. The quantitative estimate of drug-likeness (QED) is 0.0911. The molecule has 1 aromatic carbocycles. The Balaban J connectivity index is 2.16. The molecule has 0 radical (unpaired) electrons. The van der Waals surface area contributed by atoms with E-state index in [4.69, 9.17) is 14.0 Å². The monoisotopic (exact) mass is 527 g/mol. The first-order valence-electron chi connectivity index (χ1n) is 14.1. The van der Waals surface area contributed by atoms with E-state index in [1.54, 1.807) is 0 Å². The summed E-state index contributed by atoms with van der Waals surface area (Å²) in [6.07, 6.45) is 17.0. The van der Waals surface area contributed by atoms with Crippen LogP contribution < -0.4 is 9.63 Å². The largest absolute Gasteiger partial charge is 0.778 e. The maximum Gasteiger partial charge on any atom is 0.140 e. The van der Waals surface area contributed by atoms with Crippen LogP contribution in [0.1, 0.15) is 89.5 Å². The molecule has 0 aromatic heterocycles. The van der Waals surface area contributed by atoms with Gasteiger partial charge in [-0.05, 0) is 30.5 Å². The fourth-order valence-corrected chi connectivity index (χ4v) is 5.35. The lowest BCUT2D eigenvalue weighted by Gasteiger charge is -2.30. The first-order chi connectivity index (χ1) is 17.1. The Morgan fingerprint density at radius 2 is 1.36 bits per heavy atom. The van der Waals surface area contributed by atoms with Crippen molar-refractivity contribution in [2.45, 2.75) is 96.5 Å². The van der Waals surface area contributed by atoms with Crippen molar-refractivity contribution < 1.29 is 27.9 Å². The van der Waals surface area contributed by atoms with Crippen LogP contribution in [0.4, 0.5) is 0 Å². The van der Waals surface area contributed by atoms with Gasteiger partial charge in [-0.25, -0.2) is 0 Å². The van der Waals surface area contributed by atoms with Gasteiger partial charge in [-0.2, -0.15) is 0 Å². The number of methoxy groups -OCH3 is 1. The van der Waals surface area contributed by atoms with Crippen molar-refractivity contribution >= 4 is 7.60 Å². The molecule has 0 aliphatic heterocycles. The van der Waals surface area contributed by atoms with Crippen LogP contribution >= 0.6 is 7.60 Å². The van der Waals surface area contributed by atoms with Gasteiger partial charge in [-0.15, -0.1) is 0 Å². The van der Waals surface area contributed by atoms with E-state index in [0.29, 0.717) is 11.0 Å². The summed E-state index contributed by atoms with van der Waals surface area (Å²) in [6, 6.07) is 8.18. The molecule has 36 heavy (non-hydrogen) atoms. The molecule has 0 fully saturated rings. The van der Waals surface area contributed by atoms with Crippen LogP contribution in [0.3, 0.4) is 0 Å². The normalized spacial score (nSPS) is 14.5. The Hall–Kier alpha value is -0.910. The second-order valence-electron chi connectivity index (χ2n) is 11.1. The summed E-state index contributed by atoms with van der Waals surface area (Å²) in [5.41, 5.74) is 1.32. The predicted octanol–water partition coefficient (Wildman–Crippen LogP) is 6.60. The van der Waals surface area contributed by atoms with E-state index >= 15 is 0 Å². The Morgan fingerprint density at radius 3 is 1.86 bits per heavy atom. The molecule has 2 atom stereocenters. The lowest BCUT2D eigenvalue weighted by atomic mass is 10.0. The van der Waals surface area contributed by atoms with Crippen molar-refractivity contribution in [3.05, 3.63) is 29.8 Å². The van der Waals surface area contributed by atoms with Gasteiger partial charge in [0.2, 0.25) is 0 Å². The third-order valence-electron chi connectivity index (χ3n) is 6.51. The Morgan fingerprint density at radius 1 is 0.833 bits per heavy atom. The minimum atomic E-state index is -3.89. The molecule has 0 saturated heterocycles. The summed E-state index contributed by atoms with van der Waals surface area (Å²) in [4.78, 5) is 12.1. The van der Waals surface area contributed by atoms with Crippen LogP contribution in [0.25, 0.3) is 0 Å². The van der Waals surface area contributed by atoms with Gasteiger partial charge in [0.1, 0.15) is 26.1 Å². The summed E-state index contributed by atoms with van der Waals surface area (Å²) in [7, 11) is 3.51. The molecule has 0 amide bonds. The highest BCUT2D eigenvalue weighted by molar-refractivity contribution is 7.51. The average Bonchev–Trinajstić information content (AvgIpc) is 2.84. The minimum Gasteiger partial charge on any atom is -0.778 e. The number of rotatable bonds is 23. The number of ether oxygens (including phenoxy) is 2. The summed E-state index contributed by atoms with van der Waals surface area (Å²) >= 11 is 0. The van der Waals surface area contributed by atoms with Crippen LogP contribution in [0.2, 0.25) is 0 Å². The first-order valence-corrected chi connectivity index (χ1v) is 15.9. The Kier molecular flexibility index (Phi) is 17.7. The molecular formula is C29H54NO5P. The number of benzene rings is 1. The van der Waals surface area contributed by atoms with Gasteiger partial charge in [0, 0.05) is 7.11 Å². The van der Waals surface area contributed by atoms with Crippen LogP contribution in [-0.2, 0) is 20.2 Å². The van der Waals surface area contributed by atoms with Crippen molar-refractivity contribution in [1.29, 1.82) is 0 Å². The van der Waals surface area contributed by atoms with E-state index < -0.39 is 13.7 Å². The molecule has 6 nitrogen and oxygen atoms in total. The highest BCUT2D eigenvalue weighted by Crippen LogP contribution is 2.37. The maximum absolute atomic E-state index is 12.1. The van der Waals surface area contributed by atoms with E-state index in [0.717, 1.165) is 12.2 Å². The van der Waals surface area contributed by atoms with Crippen molar-refractivity contribution in [3.63, 3.8) is 0 Å². The molecule has 0 saturated carbocycles.